The number of anilines is 2. The highest BCUT2D eigenvalue weighted by Crippen LogP contribution is 2.28. The Kier molecular flexibility index (Phi) is 5.14. The first kappa shape index (κ1) is 19.9. The fourth-order valence-electron chi connectivity index (χ4n) is 3.72. The molecular formula is C23H19F2N5O2. The molecule has 1 aliphatic heterocycles. The lowest BCUT2D eigenvalue weighted by Crippen LogP contribution is -2.50. The fraction of sp³-hybridized carbons (Fsp3) is 0.174. The van der Waals surface area contributed by atoms with Crippen LogP contribution in [0.1, 0.15) is 0 Å². The van der Waals surface area contributed by atoms with Crippen LogP contribution >= 0.6 is 0 Å². The number of furan rings is 1. The number of amides is 2. The highest BCUT2D eigenvalue weighted by molar-refractivity contribution is 5.92. The second kappa shape index (κ2) is 8.26. The average Bonchev–Trinajstić information content (AvgIpc) is 3.35. The van der Waals surface area contributed by atoms with E-state index in [-0.39, 0.29) is 5.69 Å². The standard InChI is InChI=1S/C23H19F2N5O2/c24-15-7-8-19(17(25)14-15)27-23(31)30-11-9-29(10-12-30)22-16-4-1-2-5-18(16)26-21(28-22)20-6-3-13-32-20/h1-8,13-14H,9-12H2,(H,27,31). The van der Waals surface area contributed by atoms with E-state index in [1.807, 2.05) is 30.3 Å². The molecule has 1 saturated heterocycles. The maximum absolute atomic E-state index is 13.9. The van der Waals surface area contributed by atoms with Crippen molar-refractivity contribution in [3.05, 3.63) is 72.5 Å². The number of fused-ring (bicyclic) bond motifs is 1. The smallest absolute Gasteiger partial charge is 0.322 e. The van der Waals surface area contributed by atoms with Gasteiger partial charge in [-0.2, -0.15) is 0 Å². The summed E-state index contributed by atoms with van der Waals surface area (Å²) in [4.78, 5) is 25.6. The van der Waals surface area contributed by atoms with Crippen LogP contribution in [0.25, 0.3) is 22.5 Å². The van der Waals surface area contributed by atoms with Crippen LogP contribution in [0.5, 0.6) is 0 Å². The van der Waals surface area contributed by atoms with Crippen molar-refractivity contribution in [2.45, 2.75) is 0 Å². The number of rotatable bonds is 3. The van der Waals surface area contributed by atoms with Crippen molar-refractivity contribution >= 4 is 28.4 Å². The molecule has 1 fully saturated rings. The third kappa shape index (κ3) is 3.84. The first-order chi connectivity index (χ1) is 15.6. The van der Waals surface area contributed by atoms with Crippen LogP contribution in [-0.4, -0.2) is 47.1 Å². The second-order valence-electron chi connectivity index (χ2n) is 7.39. The molecule has 4 aromatic rings. The first-order valence-corrected chi connectivity index (χ1v) is 10.1. The van der Waals surface area contributed by atoms with Gasteiger partial charge in [0.25, 0.3) is 0 Å². The molecule has 0 atom stereocenters. The normalized spacial score (nSPS) is 14.1. The van der Waals surface area contributed by atoms with E-state index < -0.39 is 17.7 Å². The maximum Gasteiger partial charge on any atom is 0.322 e. The Morgan fingerprint density at radius 2 is 1.78 bits per heavy atom. The molecule has 0 bridgehead atoms. The highest BCUT2D eigenvalue weighted by Gasteiger charge is 2.25. The minimum absolute atomic E-state index is 0.0521. The number of benzene rings is 2. The Morgan fingerprint density at radius 3 is 2.53 bits per heavy atom. The number of hydrogen-bond donors (Lipinski definition) is 1. The van der Waals surface area contributed by atoms with Gasteiger partial charge in [0.2, 0.25) is 0 Å². The number of para-hydroxylation sites is 1. The van der Waals surface area contributed by atoms with E-state index in [1.165, 1.54) is 6.07 Å². The van der Waals surface area contributed by atoms with Crippen LogP contribution in [0.3, 0.4) is 0 Å². The molecule has 3 heterocycles. The molecule has 5 rings (SSSR count). The zero-order valence-corrected chi connectivity index (χ0v) is 17.0. The Morgan fingerprint density at radius 1 is 0.969 bits per heavy atom. The Bertz CT molecular complexity index is 1270. The van der Waals surface area contributed by atoms with Gasteiger partial charge in [-0.25, -0.2) is 23.5 Å². The van der Waals surface area contributed by atoms with Gasteiger partial charge in [-0.1, -0.05) is 12.1 Å². The fourth-order valence-corrected chi connectivity index (χ4v) is 3.72. The summed E-state index contributed by atoms with van der Waals surface area (Å²) < 4.78 is 32.4. The molecular weight excluding hydrogens is 416 g/mol. The van der Waals surface area contributed by atoms with E-state index in [0.717, 1.165) is 28.9 Å². The summed E-state index contributed by atoms with van der Waals surface area (Å²) in [6.45, 7) is 1.92. The number of aromatic nitrogens is 2. The highest BCUT2D eigenvalue weighted by atomic mass is 19.1. The Hall–Kier alpha value is -4.01. The molecule has 0 saturated carbocycles. The largest absolute Gasteiger partial charge is 0.461 e. The third-order valence-electron chi connectivity index (χ3n) is 5.36. The number of nitrogens with one attached hydrogen (secondary N) is 1. The van der Waals surface area contributed by atoms with Crippen molar-refractivity contribution in [3.63, 3.8) is 0 Å². The second-order valence-corrected chi connectivity index (χ2v) is 7.39. The number of carbonyl (C=O) groups excluding carboxylic acids is 1. The number of piperazine rings is 1. The monoisotopic (exact) mass is 435 g/mol. The molecule has 0 unspecified atom stereocenters. The molecule has 1 aliphatic rings. The molecule has 0 aliphatic carbocycles. The predicted octanol–water partition coefficient (Wildman–Crippen LogP) is 4.52. The SMILES string of the molecule is O=C(Nc1ccc(F)cc1F)N1CCN(c2nc(-c3ccco3)nc3ccccc23)CC1. The average molecular weight is 435 g/mol. The van der Waals surface area contributed by atoms with Gasteiger partial charge in [0.05, 0.1) is 17.5 Å². The molecule has 32 heavy (non-hydrogen) atoms. The molecule has 2 aromatic carbocycles. The lowest BCUT2D eigenvalue weighted by molar-refractivity contribution is 0.208. The Balaban J connectivity index is 1.34. The zero-order valence-electron chi connectivity index (χ0n) is 17.0. The van der Waals surface area contributed by atoms with E-state index in [4.69, 9.17) is 9.40 Å². The number of urea groups is 1. The van der Waals surface area contributed by atoms with Gasteiger partial charge in [0.15, 0.2) is 11.6 Å². The number of nitrogens with zero attached hydrogens (tertiary/aromatic N) is 4. The molecule has 0 spiro atoms. The predicted molar refractivity (Wildman–Crippen MR) is 116 cm³/mol. The summed E-state index contributed by atoms with van der Waals surface area (Å²) >= 11 is 0. The van der Waals surface area contributed by atoms with Gasteiger partial charge >= 0.3 is 6.03 Å². The van der Waals surface area contributed by atoms with Crippen molar-refractivity contribution in [1.29, 1.82) is 0 Å². The number of hydrogen-bond acceptors (Lipinski definition) is 5. The van der Waals surface area contributed by atoms with E-state index in [2.05, 4.69) is 15.2 Å². The third-order valence-corrected chi connectivity index (χ3v) is 5.36. The van der Waals surface area contributed by atoms with Crippen LogP contribution in [0, 0.1) is 11.6 Å². The quantitative estimate of drug-likeness (QED) is 0.512. The molecule has 1 N–H and O–H groups in total. The van der Waals surface area contributed by atoms with Crippen LogP contribution in [0.4, 0.5) is 25.1 Å². The van der Waals surface area contributed by atoms with Crippen molar-refractivity contribution in [1.82, 2.24) is 14.9 Å². The molecule has 7 nitrogen and oxygen atoms in total. The van der Waals surface area contributed by atoms with E-state index >= 15 is 0 Å². The first-order valence-electron chi connectivity index (χ1n) is 10.1. The topological polar surface area (TPSA) is 74.5 Å². The van der Waals surface area contributed by atoms with Crippen molar-refractivity contribution in [2.24, 2.45) is 0 Å². The summed E-state index contributed by atoms with van der Waals surface area (Å²) in [6, 6.07) is 14.0. The summed E-state index contributed by atoms with van der Waals surface area (Å²) in [5, 5.41) is 3.42. The van der Waals surface area contributed by atoms with Crippen molar-refractivity contribution in [2.75, 3.05) is 36.4 Å². The molecule has 0 radical (unpaired) electrons. The van der Waals surface area contributed by atoms with E-state index in [0.29, 0.717) is 37.8 Å². The summed E-state index contributed by atoms with van der Waals surface area (Å²) in [5.41, 5.74) is 0.750. The molecule has 9 heteroatoms. The van der Waals surface area contributed by atoms with Crippen molar-refractivity contribution in [3.8, 4) is 11.6 Å². The lowest BCUT2D eigenvalue weighted by atomic mass is 10.2. The van der Waals surface area contributed by atoms with Gasteiger partial charge in [-0.15, -0.1) is 0 Å². The summed E-state index contributed by atoms with van der Waals surface area (Å²) in [7, 11) is 0. The van der Waals surface area contributed by atoms with E-state index in [1.54, 1.807) is 17.2 Å². The minimum atomic E-state index is -0.810. The number of carbonyl (C=O) groups is 1. The summed E-state index contributed by atoms with van der Waals surface area (Å²) in [5.74, 6) is 0.341. The van der Waals surface area contributed by atoms with Crippen LogP contribution in [0.15, 0.2) is 65.3 Å². The number of halogens is 2. The minimum Gasteiger partial charge on any atom is -0.461 e. The molecule has 2 amide bonds. The zero-order chi connectivity index (χ0) is 22.1. The van der Waals surface area contributed by atoms with E-state index in [9.17, 15) is 13.6 Å². The lowest BCUT2D eigenvalue weighted by Gasteiger charge is -2.35. The van der Waals surface area contributed by atoms with Crippen LogP contribution < -0.4 is 10.2 Å². The van der Waals surface area contributed by atoms with Crippen LogP contribution in [-0.2, 0) is 0 Å². The Labute approximate surface area is 182 Å². The molecule has 162 valence electrons. The van der Waals surface area contributed by atoms with Crippen molar-refractivity contribution < 1.29 is 18.0 Å². The molecule has 2 aromatic heterocycles. The van der Waals surface area contributed by atoms with Crippen LogP contribution in [0.2, 0.25) is 0 Å². The summed E-state index contributed by atoms with van der Waals surface area (Å²) in [6.07, 6.45) is 1.58. The van der Waals surface area contributed by atoms with Gasteiger partial charge in [0.1, 0.15) is 17.5 Å². The maximum atomic E-state index is 13.9. The van der Waals surface area contributed by atoms with Gasteiger partial charge in [0, 0.05) is 37.6 Å². The van der Waals surface area contributed by atoms with Gasteiger partial charge in [-0.05, 0) is 36.4 Å². The van der Waals surface area contributed by atoms with Gasteiger partial charge in [-0.3, -0.25) is 0 Å². The van der Waals surface area contributed by atoms with Gasteiger partial charge < -0.3 is 19.5 Å².